The van der Waals surface area contributed by atoms with E-state index in [4.69, 9.17) is 14.4 Å². The van der Waals surface area contributed by atoms with Crippen molar-refractivity contribution in [3.8, 4) is 56.0 Å². The van der Waals surface area contributed by atoms with E-state index >= 15 is 0 Å². The van der Waals surface area contributed by atoms with Crippen LogP contribution in [0.2, 0.25) is 0 Å². The summed E-state index contributed by atoms with van der Waals surface area (Å²) in [7, 11) is 0. The highest BCUT2D eigenvalue weighted by atomic mass is 16.3. The Labute approximate surface area is 322 Å². The van der Waals surface area contributed by atoms with E-state index < -0.39 is 0 Å². The van der Waals surface area contributed by atoms with Crippen molar-refractivity contribution in [3.63, 3.8) is 0 Å². The molecule has 0 atom stereocenters. The standard InChI is InChI=1S/C52H42N2O/c1-4-15-33(16-5-1)50-53-47(49-48(54-50)38-20-7-9-22-46(38)55-49)36-18-14-17-34(29-36)35-23-24-43-39(30-35)41-32-44-40(31-45(41)52(43)27-12-3-13-28-52)37-19-6-8-21-42(37)51(44)25-10-2-11-26-51/h1,4-9,14-24,29-32H,2-3,10-13,25-28H2. The first-order valence-electron chi connectivity index (χ1n) is 20.5. The zero-order valence-electron chi connectivity index (χ0n) is 31.1. The molecule has 0 bridgehead atoms. The maximum Gasteiger partial charge on any atom is 0.180 e. The van der Waals surface area contributed by atoms with Gasteiger partial charge < -0.3 is 4.42 Å². The van der Waals surface area contributed by atoms with Crippen LogP contribution in [-0.2, 0) is 10.8 Å². The van der Waals surface area contributed by atoms with Crippen molar-refractivity contribution in [1.82, 2.24) is 9.97 Å². The summed E-state index contributed by atoms with van der Waals surface area (Å²) >= 11 is 0. The van der Waals surface area contributed by atoms with Crippen LogP contribution < -0.4 is 0 Å². The van der Waals surface area contributed by atoms with Gasteiger partial charge in [0.1, 0.15) is 16.8 Å². The molecule has 6 aromatic carbocycles. The fourth-order valence-corrected chi connectivity index (χ4v) is 11.4. The second-order valence-electron chi connectivity index (χ2n) is 16.7. The van der Waals surface area contributed by atoms with Crippen molar-refractivity contribution >= 4 is 22.1 Å². The summed E-state index contributed by atoms with van der Waals surface area (Å²) in [6.07, 6.45) is 12.9. The van der Waals surface area contributed by atoms with E-state index in [1.165, 1.54) is 97.6 Å². The topological polar surface area (TPSA) is 38.9 Å². The highest BCUT2D eigenvalue weighted by Gasteiger charge is 2.48. The average molecular weight is 711 g/mol. The van der Waals surface area contributed by atoms with Crippen LogP contribution in [0.3, 0.4) is 0 Å². The molecule has 266 valence electrons. The minimum atomic E-state index is 0.0945. The fraction of sp³-hybridized carbons (Fsp3) is 0.231. The first kappa shape index (κ1) is 31.5. The molecule has 0 unspecified atom stereocenters. The lowest BCUT2D eigenvalue weighted by atomic mass is 9.66. The van der Waals surface area contributed by atoms with Gasteiger partial charge >= 0.3 is 0 Å². The van der Waals surface area contributed by atoms with Gasteiger partial charge in [0, 0.05) is 27.3 Å². The molecule has 2 fully saturated rings. The molecular formula is C52H42N2O. The summed E-state index contributed by atoms with van der Waals surface area (Å²) in [5.74, 6) is 0.706. The summed E-state index contributed by atoms with van der Waals surface area (Å²) in [4.78, 5) is 10.3. The van der Waals surface area contributed by atoms with E-state index in [0.29, 0.717) is 5.82 Å². The van der Waals surface area contributed by atoms with E-state index in [2.05, 4.69) is 97.1 Å². The minimum Gasteiger partial charge on any atom is -0.452 e. The molecule has 2 aromatic heterocycles. The van der Waals surface area contributed by atoms with Crippen LogP contribution in [-0.4, -0.2) is 9.97 Å². The number of fused-ring (bicyclic) bond motifs is 13. The average Bonchev–Trinajstić information content (AvgIpc) is 3.85. The molecule has 0 N–H and O–H groups in total. The Balaban J connectivity index is 1.03. The highest BCUT2D eigenvalue weighted by molar-refractivity contribution is 6.07. The van der Waals surface area contributed by atoms with Crippen LogP contribution in [0.15, 0.2) is 138 Å². The first-order valence-corrected chi connectivity index (χ1v) is 20.5. The summed E-state index contributed by atoms with van der Waals surface area (Å²) in [6, 6.07) is 49.5. The zero-order valence-corrected chi connectivity index (χ0v) is 31.1. The molecule has 2 saturated carbocycles. The van der Waals surface area contributed by atoms with Gasteiger partial charge in [-0.3, -0.25) is 0 Å². The zero-order chi connectivity index (χ0) is 36.1. The molecular weight excluding hydrogens is 669 g/mol. The molecule has 2 heterocycles. The number of hydrogen-bond acceptors (Lipinski definition) is 3. The van der Waals surface area contributed by atoms with E-state index in [1.807, 2.05) is 36.4 Å². The highest BCUT2D eigenvalue weighted by Crippen LogP contribution is 2.62. The second kappa shape index (κ2) is 11.8. The maximum atomic E-state index is 6.52. The van der Waals surface area contributed by atoms with E-state index in [1.54, 1.807) is 22.3 Å². The van der Waals surface area contributed by atoms with Crippen LogP contribution in [0.1, 0.15) is 86.5 Å². The van der Waals surface area contributed by atoms with Crippen molar-refractivity contribution in [2.24, 2.45) is 0 Å². The van der Waals surface area contributed by atoms with Crippen molar-refractivity contribution in [2.45, 2.75) is 75.0 Å². The molecule has 3 nitrogen and oxygen atoms in total. The van der Waals surface area contributed by atoms with Crippen LogP contribution >= 0.6 is 0 Å². The third-order valence-corrected chi connectivity index (χ3v) is 13.9. The smallest absolute Gasteiger partial charge is 0.180 e. The van der Waals surface area contributed by atoms with Gasteiger partial charge in [0.2, 0.25) is 0 Å². The van der Waals surface area contributed by atoms with Gasteiger partial charge in [0.05, 0.1) is 0 Å². The number of rotatable bonds is 3. The van der Waals surface area contributed by atoms with Crippen molar-refractivity contribution in [1.29, 1.82) is 0 Å². The van der Waals surface area contributed by atoms with E-state index in [-0.39, 0.29) is 10.8 Å². The van der Waals surface area contributed by atoms with Gasteiger partial charge in [-0.25, -0.2) is 9.97 Å². The lowest BCUT2D eigenvalue weighted by molar-refractivity contribution is 0.350. The molecule has 3 heteroatoms. The number of furan rings is 1. The summed E-state index contributed by atoms with van der Waals surface area (Å²) in [6.45, 7) is 0. The van der Waals surface area contributed by atoms with E-state index in [9.17, 15) is 0 Å². The van der Waals surface area contributed by atoms with Gasteiger partial charge in [0.15, 0.2) is 11.4 Å². The molecule has 0 saturated heterocycles. The van der Waals surface area contributed by atoms with E-state index in [0.717, 1.165) is 38.9 Å². The number of para-hydroxylation sites is 1. The molecule has 2 spiro atoms. The summed E-state index contributed by atoms with van der Waals surface area (Å²) in [5, 5.41) is 1.01. The maximum absolute atomic E-state index is 6.52. The summed E-state index contributed by atoms with van der Waals surface area (Å²) in [5.41, 5.74) is 20.1. The van der Waals surface area contributed by atoms with Crippen molar-refractivity contribution < 1.29 is 4.42 Å². The SMILES string of the molecule is c1ccc(-c2nc(-c3cccc(-c4ccc5c(c4)-c4cc6c(cc4C54CCCCC4)-c4ccccc4C64CCCCC4)c3)c3oc4ccccc4c3n2)cc1. The third-order valence-electron chi connectivity index (χ3n) is 13.9. The van der Waals surface area contributed by atoms with Crippen LogP contribution in [0, 0.1) is 0 Å². The van der Waals surface area contributed by atoms with Gasteiger partial charge in [-0.1, -0.05) is 136 Å². The van der Waals surface area contributed by atoms with Crippen LogP contribution in [0.4, 0.5) is 0 Å². The molecule has 0 amide bonds. The molecule has 12 rings (SSSR count). The predicted molar refractivity (Wildman–Crippen MR) is 224 cm³/mol. The van der Waals surface area contributed by atoms with Crippen molar-refractivity contribution in [2.75, 3.05) is 0 Å². The van der Waals surface area contributed by atoms with Gasteiger partial charge in [-0.05, 0) is 118 Å². The first-order chi connectivity index (χ1) is 27.2. The Morgan fingerprint density at radius 2 is 1.02 bits per heavy atom. The number of aromatic nitrogens is 2. The Kier molecular flexibility index (Phi) is 6.79. The lowest BCUT2D eigenvalue weighted by Crippen LogP contribution is -2.29. The normalized spacial score (nSPS) is 17.4. The third kappa shape index (κ3) is 4.50. The Morgan fingerprint density at radius 1 is 0.418 bits per heavy atom. The largest absolute Gasteiger partial charge is 0.452 e. The predicted octanol–water partition coefficient (Wildman–Crippen LogP) is 13.8. The lowest BCUT2D eigenvalue weighted by Gasteiger charge is -2.37. The molecule has 8 aromatic rings. The molecule has 55 heavy (non-hydrogen) atoms. The summed E-state index contributed by atoms with van der Waals surface area (Å²) < 4.78 is 6.52. The second-order valence-corrected chi connectivity index (χ2v) is 16.7. The molecule has 0 radical (unpaired) electrons. The van der Waals surface area contributed by atoms with Gasteiger partial charge in [-0.15, -0.1) is 0 Å². The molecule has 0 aliphatic heterocycles. The van der Waals surface area contributed by atoms with Crippen LogP contribution in [0.5, 0.6) is 0 Å². The quantitative estimate of drug-likeness (QED) is 0.183. The number of hydrogen-bond donors (Lipinski definition) is 0. The molecule has 4 aliphatic carbocycles. The van der Waals surface area contributed by atoms with Crippen LogP contribution in [0.25, 0.3) is 78.1 Å². The number of nitrogens with zero attached hydrogens (tertiary/aromatic N) is 2. The monoisotopic (exact) mass is 710 g/mol. The van der Waals surface area contributed by atoms with Gasteiger partial charge in [0.25, 0.3) is 0 Å². The molecule has 4 aliphatic rings. The fourth-order valence-electron chi connectivity index (χ4n) is 11.4. The van der Waals surface area contributed by atoms with Crippen molar-refractivity contribution in [3.05, 3.63) is 156 Å². The minimum absolute atomic E-state index is 0.0945. The van der Waals surface area contributed by atoms with Gasteiger partial charge in [-0.2, -0.15) is 0 Å². The Bertz CT molecular complexity index is 2830. The Morgan fingerprint density at radius 3 is 1.80 bits per heavy atom. The number of benzene rings is 6. The Hall–Kier alpha value is -5.80.